The number of carbonyl (C=O) groups excluding carboxylic acids is 1. The first kappa shape index (κ1) is 19.6. The molecule has 0 aliphatic heterocycles. The normalized spacial score (nSPS) is 11.8. The number of nitro benzene ring substituents is 1. The lowest BCUT2D eigenvalue weighted by molar-refractivity contribution is -0.384. The maximum absolute atomic E-state index is 12.8. The molecule has 28 heavy (non-hydrogen) atoms. The van der Waals surface area contributed by atoms with Crippen molar-refractivity contribution >= 4 is 28.9 Å². The van der Waals surface area contributed by atoms with E-state index in [9.17, 15) is 14.9 Å². The Morgan fingerprint density at radius 1 is 1.04 bits per heavy atom. The number of ketones is 1. The number of benzene rings is 3. The Hall–Kier alpha value is -3.12. The van der Waals surface area contributed by atoms with Gasteiger partial charge in [0, 0.05) is 39.9 Å². The summed E-state index contributed by atoms with van der Waals surface area (Å²) < 4.78 is 0. The summed E-state index contributed by atoms with van der Waals surface area (Å²) >= 11 is 1.49. The number of hydrogen-bond donors (Lipinski definition) is 1. The van der Waals surface area contributed by atoms with Crippen molar-refractivity contribution < 1.29 is 9.72 Å². The number of nitro groups is 1. The van der Waals surface area contributed by atoms with E-state index in [0.29, 0.717) is 11.3 Å². The minimum absolute atomic E-state index is 0.0188. The fourth-order valence-corrected chi connectivity index (χ4v) is 4.00. The second kappa shape index (κ2) is 8.71. The molecule has 142 valence electrons. The van der Waals surface area contributed by atoms with Crippen LogP contribution in [0.1, 0.15) is 33.2 Å². The molecule has 0 bridgehead atoms. The Balaban J connectivity index is 1.89. The van der Waals surface area contributed by atoms with Gasteiger partial charge in [-0.2, -0.15) is 0 Å². The summed E-state index contributed by atoms with van der Waals surface area (Å²) in [4.78, 5) is 24.2. The van der Waals surface area contributed by atoms with E-state index in [1.807, 2.05) is 55.5 Å². The predicted molar refractivity (Wildman–Crippen MR) is 113 cm³/mol. The van der Waals surface area contributed by atoms with Crippen LogP contribution in [-0.2, 0) is 0 Å². The number of thioether (sulfide) groups is 1. The molecule has 0 radical (unpaired) electrons. The van der Waals surface area contributed by atoms with E-state index >= 15 is 0 Å². The topological polar surface area (TPSA) is 86.2 Å². The zero-order valence-electron chi connectivity index (χ0n) is 15.4. The molecular weight excluding hydrogens is 372 g/mol. The van der Waals surface area contributed by atoms with Crippen LogP contribution in [0.4, 0.5) is 11.4 Å². The van der Waals surface area contributed by atoms with Crippen LogP contribution in [0, 0.1) is 17.0 Å². The fraction of sp³-hybridized carbons (Fsp3) is 0.136. The standard InChI is InChI=1S/C22H20N2O3S/c1-15-6-8-16(9-7-15)20(25)14-22(28-21-5-3-2-4-19(21)23)17-10-12-18(13-11-17)24(26)27/h2-13,22H,14,23H2,1H3/t22-/m0/s1. The molecule has 3 aromatic carbocycles. The number of para-hydroxylation sites is 1. The van der Waals surface area contributed by atoms with Crippen LogP contribution in [0.15, 0.2) is 77.7 Å². The predicted octanol–water partition coefficient (Wildman–Crippen LogP) is 5.59. The lowest BCUT2D eigenvalue weighted by Gasteiger charge is -2.18. The van der Waals surface area contributed by atoms with Crippen molar-refractivity contribution in [3.05, 3.63) is 99.6 Å². The van der Waals surface area contributed by atoms with Gasteiger partial charge < -0.3 is 5.73 Å². The van der Waals surface area contributed by atoms with Gasteiger partial charge in [0.1, 0.15) is 0 Å². The van der Waals surface area contributed by atoms with Gasteiger partial charge in [-0.15, -0.1) is 11.8 Å². The van der Waals surface area contributed by atoms with Gasteiger partial charge in [-0.05, 0) is 24.6 Å². The SMILES string of the molecule is Cc1ccc(C(=O)C[C@H](Sc2ccccc2N)c2ccc([N+](=O)[O-])cc2)cc1. The quantitative estimate of drug-likeness (QED) is 0.186. The average Bonchev–Trinajstić information content (AvgIpc) is 2.69. The van der Waals surface area contributed by atoms with Gasteiger partial charge in [-0.3, -0.25) is 14.9 Å². The number of hydrogen-bond acceptors (Lipinski definition) is 5. The van der Waals surface area contributed by atoms with E-state index in [2.05, 4.69) is 0 Å². The van der Waals surface area contributed by atoms with E-state index < -0.39 is 4.92 Å². The van der Waals surface area contributed by atoms with Crippen LogP contribution >= 0.6 is 11.8 Å². The molecule has 3 aromatic rings. The molecule has 2 N–H and O–H groups in total. The Morgan fingerprint density at radius 2 is 1.68 bits per heavy atom. The van der Waals surface area contributed by atoms with Crippen LogP contribution in [0.3, 0.4) is 0 Å². The third-order valence-corrected chi connectivity index (χ3v) is 5.76. The Kier molecular flexibility index (Phi) is 6.11. The van der Waals surface area contributed by atoms with Crippen molar-refractivity contribution in [3.63, 3.8) is 0 Å². The second-order valence-corrected chi connectivity index (χ2v) is 7.73. The molecule has 0 aromatic heterocycles. The molecule has 0 fully saturated rings. The molecule has 0 saturated heterocycles. The Labute approximate surface area is 167 Å². The summed E-state index contributed by atoms with van der Waals surface area (Å²) in [5.41, 5.74) is 9.33. The van der Waals surface area contributed by atoms with Crippen molar-refractivity contribution in [2.24, 2.45) is 0 Å². The number of nitrogens with zero attached hydrogens (tertiary/aromatic N) is 1. The van der Waals surface area contributed by atoms with Crippen LogP contribution in [-0.4, -0.2) is 10.7 Å². The highest BCUT2D eigenvalue weighted by molar-refractivity contribution is 7.99. The van der Waals surface area contributed by atoms with Gasteiger partial charge in [0.2, 0.25) is 0 Å². The maximum Gasteiger partial charge on any atom is 0.269 e. The van der Waals surface area contributed by atoms with Crippen LogP contribution in [0.25, 0.3) is 0 Å². The summed E-state index contributed by atoms with van der Waals surface area (Å²) in [6.45, 7) is 1.97. The molecule has 0 heterocycles. The third-order valence-electron chi connectivity index (χ3n) is 4.41. The first-order valence-electron chi connectivity index (χ1n) is 8.79. The summed E-state index contributed by atoms with van der Waals surface area (Å²) in [5, 5.41) is 10.7. The molecule has 0 amide bonds. The van der Waals surface area contributed by atoms with Gasteiger partial charge in [0.25, 0.3) is 5.69 Å². The van der Waals surface area contributed by atoms with Gasteiger partial charge in [0.15, 0.2) is 5.78 Å². The minimum Gasteiger partial charge on any atom is -0.398 e. The van der Waals surface area contributed by atoms with Crippen molar-refractivity contribution in [3.8, 4) is 0 Å². The molecule has 0 aliphatic rings. The molecule has 3 rings (SSSR count). The van der Waals surface area contributed by atoms with Crippen molar-refractivity contribution in [1.29, 1.82) is 0 Å². The van der Waals surface area contributed by atoms with Gasteiger partial charge in [-0.25, -0.2) is 0 Å². The number of non-ortho nitro benzene ring substituents is 1. The smallest absolute Gasteiger partial charge is 0.269 e. The number of nitrogen functional groups attached to an aromatic ring is 1. The third kappa shape index (κ3) is 4.78. The monoisotopic (exact) mass is 392 g/mol. The van der Waals surface area contributed by atoms with E-state index in [1.54, 1.807) is 12.1 Å². The van der Waals surface area contributed by atoms with E-state index in [-0.39, 0.29) is 23.1 Å². The number of carbonyl (C=O) groups is 1. The summed E-state index contributed by atoms with van der Waals surface area (Å²) in [5.74, 6) is 0.0188. The molecule has 5 nitrogen and oxygen atoms in total. The lowest BCUT2D eigenvalue weighted by Crippen LogP contribution is -2.06. The largest absolute Gasteiger partial charge is 0.398 e. The first-order chi connectivity index (χ1) is 13.4. The Bertz CT molecular complexity index is 985. The molecule has 0 unspecified atom stereocenters. The number of aryl methyl sites for hydroxylation is 1. The number of anilines is 1. The summed E-state index contributed by atoms with van der Waals surface area (Å²) in [7, 11) is 0. The van der Waals surface area contributed by atoms with Gasteiger partial charge in [-0.1, -0.05) is 54.1 Å². The Morgan fingerprint density at radius 3 is 2.29 bits per heavy atom. The molecule has 6 heteroatoms. The highest BCUT2D eigenvalue weighted by Gasteiger charge is 2.20. The maximum atomic E-state index is 12.8. The van der Waals surface area contributed by atoms with Crippen LogP contribution < -0.4 is 5.73 Å². The van der Waals surface area contributed by atoms with Crippen LogP contribution in [0.5, 0.6) is 0 Å². The molecule has 0 saturated carbocycles. The second-order valence-electron chi connectivity index (χ2n) is 6.49. The van der Waals surface area contributed by atoms with Crippen molar-refractivity contribution in [2.75, 3.05) is 5.73 Å². The average molecular weight is 392 g/mol. The van der Waals surface area contributed by atoms with E-state index in [1.165, 1.54) is 23.9 Å². The van der Waals surface area contributed by atoms with Crippen LogP contribution in [0.2, 0.25) is 0 Å². The zero-order chi connectivity index (χ0) is 20.1. The minimum atomic E-state index is -0.432. The zero-order valence-corrected chi connectivity index (χ0v) is 16.2. The summed E-state index contributed by atoms with van der Waals surface area (Å²) in [6, 6.07) is 21.3. The summed E-state index contributed by atoms with van der Waals surface area (Å²) in [6.07, 6.45) is 0.264. The highest BCUT2D eigenvalue weighted by atomic mass is 32.2. The highest BCUT2D eigenvalue weighted by Crippen LogP contribution is 2.41. The first-order valence-corrected chi connectivity index (χ1v) is 9.67. The lowest BCUT2D eigenvalue weighted by atomic mass is 10.0. The van der Waals surface area contributed by atoms with E-state index in [0.717, 1.165) is 16.0 Å². The number of nitrogens with two attached hydrogens (primary N) is 1. The van der Waals surface area contributed by atoms with Gasteiger partial charge in [0.05, 0.1) is 4.92 Å². The molecule has 1 atom stereocenters. The van der Waals surface area contributed by atoms with E-state index in [4.69, 9.17) is 5.73 Å². The van der Waals surface area contributed by atoms with Crippen molar-refractivity contribution in [1.82, 2.24) is 0 Å². The number of Topliss-reactive ketones (excluding diaryl/α,β-unsaturated/α-hetero) is 1. The fourth-order valence-electron chi connectivity index (χ4n) is 2.81. The number of rotatable bonds is 7. The van der Waals surface area contributed by atoms with Gasteiger partial charge >= 0.3 is 0 Å². The molecule has 0 spiro atoms. The molecular formula is C22H20N2O3S. The van der Waals surface area contributed by atoms with Crippen molar-refractivity contribution in [2.45, 2.75) is 23.5 Å². The molecule has 0 aliphatic carbocycles.